The van der Waals surface area contributed by atoms with Crippen molar-refractivity contribution in [1.29, 1.82) is 0 Å². The first-order valence-corrected chi connectivity index (χ1v) is 5.96. The number of aryl methyl sites for hydroxylation is 1. The van der Waals surface area contributed by atoms with Gasteiger partial charge in [-0.25, -0.2) is 4.98 Å². The molecule has 80 valence electrons. The summed E-state index contributed by atoms with van der Waals surface area (Å²) >= 11 is 1.61. The van der Waals surface area contributed by atoms with Gasteiger partial charge < -0.3 is 4.98 Å². The van der Waals surface area contributed by atoms with E-state index in [9.17, 15) is 4.79 Å². The predicted molar refractivity (Wildman–Crippen MR) is 63.7 cm³/mol. The van der Waals surface area contributed by atoms with Crippen molar-refractivity contribution in [2.45, 2.75) is 33.1 Å². The van der Waals surface area contributed by atoms with Gasteiger partial charge in [0.05, 0.1) is 5.39 Å². The average molecular weight is 222 g/mol. The van der Waals surface area contributed by atoms with Gasteiger partial charge in [-0.15, -0.1) is 11.3 Å². The van der Waals surface area contributed by atoms with Crippen molar-refractivity contribution in [2.75, 3.05) is 0 Å². The van der Waals surface area contributed by atoms with Crippen LogP contribution < -0.4 is 5.56 Å². The Morgan fingerprint density at radius 3 is 2.87 bits per heavy atom. The van der Waals surface area contributed by atoms with Crippen LogP contribution in [0.2, 0.25) is 0 Å². The topological polar surface area (TPSA) is 45.8 Å². The molecule has 2 aromatic rings. The Balaban J connectivity index is 2.70. The molecule has 0 amide bonds. The van der Waals surface area contributed by atoms with Crippen molar-refractivity contribution in [1.82, 2.24) is 9.97 Å². The van der Waals surface area contributed by atoms with E-state index in [1.54, 1.807) is 11.3 Å². The second-order valence-corrected chi connectivity index (χ2v) is 5.01. The van der Waals surface area contributed by atoms with Crippen LogP contribution in [0.5, 0.6) is 0 Å². The van der Waals surface area contributed by atoms with Crippen LogP contribution in [0.1, 0.15) is 37.4 Å². The highest BCUT2D eigenvalue weighted by molar-refractivity contribution is 7.18. The lowest BCUT2D eigenvalue weighted by Crippen LogP contribution is -2.11. The molecule has 0 atom stereocenters. The van der Waals surface area contributed by atoms with Crippen molar-refractivity contribution in [3.63, 3.8) is 0 Å². The van der Waals surface area contributed by atoms with Gasteiger partial charge in [-0.1, -0.05) is 20.8 Å². The highest BCUT2D eigenvalue weighted by atomic mass is 32.1. The van der Waals surface area contributed by atoms with Crippen LogP contribution in [-0.4, -0.2) is 9.97 Å². The van der Waals surface area contributed by atoms with Gasteiger partial charge in [0.25, 0.3) is 5.56 Å². The average Bonchev–Trinajstić information content (AvgIpc) is 2.61. The minimum atomic E-state index is -0.0142. The van der Waals surface area contributed by atoms with Gasteiger partial charge in [0.1, 0.15) is 10.7 Å². The molecule has 0 unspecified atom stereocenters. The van der Waals surface area contributed by atoms with Crippen molar-refractivity contribution < 1.29 is 0 Å². The zero-order valence-electron chi connectivity index (χ0n) is 9.13. The maximum absolute atomic E-state index is 11.7. The number of aromatic nitrogens is 2. The Morgan fingerprint density at radius 2 is 2.27 bits per heavy atom. The molecule has 0 aliphatic carbocycles. The quantitative estimate of drug-likeness (QED) is 0.849. The lowest BCUT2D eigenvalue weighted by atomic mass is 10.2. The molecule has 2 aromatic heterocycles. The van der Waals surface area contributed by atoms with Crippen molar-refractivity contribution in [2.24, 2.45) is 0 Å². The second-order valence-electron chi connectivity index (χ2n) is 3.89. The Labute approximate surface area is 92.2 Å². The lowest BCUT2D eigenvalue weighted by molar-refractivity contribution is 0.778. The van der Waals surface area contributed by atoms with Gasteiger partial charge >= 0.3 is 0 Å². The van der Waals surface area contributed by atoms with E-state index in [0.29, 0.717) is 0 Å². The van der Waals surface area contributed by atoms with E-state index in [-0.39, 0.29) is 11.5 Å². The zero-order chi connectivity index (χ0) is 11.0. The molecule has 0 saturated heterocycles. The standard InChI is InChI=1S/C11H14N2OS/c1-4-7-5-8-10(14)12-9(6(2)3)13-11(8)15-7/h5-6H,4H2,1-3H3,(H,12,13,14). The van der Waals surface area contributed by atoms with E-state index < -0.39 is 0 Å². The van der Waals surface area contributed by atoms with Crippen LogP contribution in [0, 0.1) is 0 Å². The molecular formula is C11H14N2OS. The van der Waals surface area contributed by atoms with Crippen molar-refractivity contribution in [3.8, 4) is 0 Å². The van der Waals surface area contributed by atoms with Gasteiger partial charge in [-0.2, -0.15) is 0 Å². The summed E-state index contributed by atoms with van der Waals surface area (Å²) in [6, 6.07) is 1.94. The fraction of sp³-hybridized carbons (Fsp3) is 0.455. The first-order valence-electron chi connectivity index (χ1n) is 5.14. The normalized spacial score (nSPS) is 11.5. The van der Waals surface area contributed by atoms with Gasteiger partial charge in [0.15, 0.2) is 0 Å². The van der Waals surface area contributed by atoms with E-state index in [0.717, 1.165) is 22.5 Å². The van der Waals surface area contributed by atoms with Crippen LogP contribution in [0.15, 0.2) is 10.9 Å². The molecule has 0 radical (unpaired) electrons. The molecule has 2 heterocycles. The van der Waals surface area contributed by atoms with Gasteiger partial charge in [-0.05, 0) is 12.5 Å². The summed E-state index contributed by atoms with van der Waals surface area (Å²) in [5.41, 5.74) is -0.0142. The molecule has 0 aromatic carbocycles. The number of hydrogen-bond donors (Lipinski definition) is 1. The van der Waals surface area contributed by atoms with E-state index in [1.165, 1.54) is 4.88 Å². The van der Waals surface area contributed by atoms with E-state index >= 15 is 0 Å². The third kappa shape index (κ3) is 1.81. The minimum absolute atomic E-state index is 0.0142. The molecule has 0 saturated carbocycles. The molecule has 1 N–H and O–H groups in total. The fourth-order valence-corrected chi connectivity index (χ4v) is 2.42. The zero-order valence-corrected chi connectivity index (χ0v) is 9.94. The third-order valence-electron chi connectivity index (χ3n) is 2.37. The van der Waals surface area contributed by atoms with Gasteiger partial charge in [0, 0.05) is 10.8 Å². The SMILES string of the molecule is CCc1cc2c(=O)[nH]c(C(C)C)nc2s1. The number of nitrogens with one attached hydrogen (secondary N) is 1. The number of rotatable bonds is 2. The summed E-state index contributed by atoms with van der Waals surface area (Å²) < 4.78 is 0. The number of H-pyrrole nitrogens is 1. The van der Waals surface area contributed by atoms with Crippen LogP contribution >= 0.6 is 11.3 Å². The van der Waals surface area contributed by atoms with Crippen molar-refractivity contribution >= 4 is 21.6 Å². The first kappa shape index (κ1) is 10.4. The molecule has 15 heavy (non-hydrogen) atoms. The summed E-state index contributed by atoms with van der Waals surface area (Å²) in [7, 11) is 0. The number of nitrogens with zero attached hydrogens (tertiary/aromatic N) is 1. The highest BCUT2D eigenvalue weighted by Crippen LogP contribution is 2.22. The van der Waals surface area contributed by atoms with Gasteiger partial charge in [-0.3, -0.25) is 4.79 Å². The molecule has 2 rings (SSSR count). The molecular weight excluding hydrogens is 208 g/mol. The summed E-state index contributed by atoms with van der Waals surface area (Å²) in [6.45, 7) is 6.14. The monoisotopic (exact) mass is 222 g/mol. The maximum Gasteiger partial charge on any atom is 0.259 e. The van der Waals surface area contributed by atoms with Crippen molar-refractivity contribution in [3.05, 3.63) is 27.1 Å². The number of fused-ring (bicyclic) bond motifs is 1. The Kier molecular flexibility index (Phi) is 2.61. The molecule has 3 nitrogen and oxygen atoms in total. The summed E-state index contributed by atoms with van der Waals surface area (Å²) in [4.78, 5) is 21.1. The van der Waals surface area contributed by atoms with E-state index in [4.69, 9.17) is 0 Å². The highest BCUT2D eigenvalue weighted by Gasteiger charge is 2.09. The number of thiophene rings is 1. The third-order valence-corrected chi connectivity index (χ3v) is 3.54. The van der Waals surface area contributed by atoms with Crippen LogP contribution in [-0.2, 0) is 6.42 Å². The molecule has 0 aliphatic heterocycles. The van der Waals surface area contributed by atoms with Crippen LogP contribution in [0.3, 0.4) is 0 Å². The van der Waals surface area contributed by atoms with Crippen LogP contribution in [0.25, 0.3) is 10.2 Å². The second kappa shape index (κ2) is 3.77. The summed E-state index contributed by atoms with van der Waals surface area (Å²) in [5.74, 6) is 1.03. The molecule has 0 fully saturated rings. The lowest BCUT2D eigenvalue weighted by Gasteiger charge is -2.02. The summed E-state index contributed by atoms with van der Waals surface area (Å²) in [5, 5.41) is 0.723. The Morgan fingerprint density at radius 1 is 1.53 bits per heavy atom. The fourth-order valence-electron chi connectivity index (χ4n) is 1.45. The minimum Gasteiger partial charge on any atom is -0.310 e. The number of hydrogen-bond acceptors (Lipinski definition) is 3. The largest absolute Gasteiger partial charge is 0.310 e. The molecule has 4 heteroatoms. The molecule has 0 spiro atoms. The maximum atomic E-state index is 11.7. The Bertz CT molecular complexity index is 539. The first-order chi connectivity index (χ1) is 7.11. The summed E-state index contributed by atoms with van der Waals surface area (Å²) in [6.07, 6.45) is 0.956. The Hall–Kier alpha value is -1.16. The van der Waals surface area contributed by atoms with E-state index in [2.05, 4.69) is 16.9 Å². The van der Waals surface area contributed by atoms with Crippen LogP contribution in [0.4, 0.5) is 0 Å². The smallest absolute Gasteiger partial charge is 0.259 e. The predicted octanol–water partition coefficient (Wildman–Crippen LogP) is 2.67. The molecule has 0 aliphatic rings. The molecule has 0 bridgehead atoms. The number of aromatic amines is 1. The van der Waals surface area contributed by atoms with Gasteiger partial charge in [0.2, 0.25) is 0 Å². The van der Waals surface area contributed by atoms with E-state index in [1.807, 2.05) is 19.9 Å².